The van der Waals surface area contributed by atoms with Gasteiger partial charge in [0.15, 0.2) is 0 Å². The van der Waals surface area contributed by atoms with E-state index < -0.39 is 15.4 Å². The average Bonchev–Trinajstić information content (AvgIpc) is 2.68. The first-order valence-electron chi connectivity index (χ1n) is 9.55. The highest BCUT2D eigenvalue weighted by molar-refractivity contribution is 7.89. The van der Waals surface area contributed by atoms with Gasteiger partial charge in [-0.05, 0) is 31.5 Å². The van der Waals surface area contributed by atoms with Crippen molar-refractivity contribution in [1.29, 1.82) is 0 Å². The predicted molar refractivity (Wildman–Crippen MR) is 121 cm³/mol. The molecule has 1 fully saturated rings. The van der Waals surface area contributed by atoms with Gasteiger partial charge in [0.2, 0.25) is 15.9 Å². The molecule has 1 heterocycles. The van der Waals surface area contributed by atoms with Gasteiger partial charge in [0, 0.05) is 39.3 Å². The highest BCUT2D eigenvalue weighted by Gasteiger charge is 2.34. The van der Waals surface area contributed by atoms with Crippen LogP contribution in [0.5, 0.6) is 0 Å². The molecule has 29 heavy (non-hydrogen) atoms. The van der Waals surface area contributed by atoms with Gasteiger partial charge in [-0.25, -0.2) is 8.42 Å². The van der Waals surface area contributed by atoms with Crippen LogP contribution in [0.2, 0.25) is 0 Å². The summed E-state index contributed by atoms with van der Waals surface area (Å²) < 4.78 is 27.7. The number of hydrogen-bond donors (Lipinski definition) is 2. The third kappa shape index (κ3) is 6.29. The van der Waals surface area contributed by atoms with Crippen molar-refractivity contribution in [2.24, 2.45) is 11.1 Å². The van der Waals surface area contributed by atoms with E-state index in [-0.39, 0.29) is 48.7 Å². The van der Waals surface area contributed by atoms with Gasteiger partial charge in [-0.2, -0.15) is 4.31 Å². The van der Waals surface area contributed by atoms with Crippen molar-refractivity contribution >= 4 is 40.7 Å². The van der Waals surface area contributed by atoms with E-state index in [9.17, 15) is 13.2 Å². The third-order valence-corrected chi connectivity index (χ3v) is 7.72. The lowest BCUT2D eigenvalue weighted by molar-refractivity contribution is -0.131. The Kier molecular flexibility index (Phi) is 11.7. The molecule has 0 bridgehead atoms. The molecule has 3 N–H and O–H groups in total. The van der Waals surface area contributed by atoms with Crippen LogP contribution in [-0.2, 0) is 21.4 Å². The molecule has 10 heteroatoms. The second kappa shape index (κ2) is 12.1. The Hall–Kier alpha value is -0.900. The first kappa shape index (κ1) is 28.1. The number of carbonyl (C=O) groups is 1. The van der Waals surface area contributed by atoms with Crippen molar-refractivity contribution in [2.75, 3.05) is 39.8 Å². The third-order valence-electron chi connectivity index (χ3n) is 5.72. The molecule has 1 aliphatic rings. The standard InChI is InChI=1S/C19H32N4O3S.2ClH/c1-4-19(5-2,15-20)18(24)21-14-16-8-6-7-9-17(16)27(25,26)23-12-10-22(3)11-13-23;;/h6-9H,4-5,10-15,20H2,1-3H3,(H,21,24);2*1H. The highest BCUT2D eigenvalue weighted by atomic mass is 35.5. The summed E-state index contributed by atoms with van der Waals surface area (Å²) >= 11 is 0. The maximum atomic E-state index is 13.1. The molecule has 1 aromatic rings. The Morgan fingerprint density at radius 2 is 1.66 bits per heavy atom. The molecule has 1 saturated heterocycles. The monoisotopic (exact) mass is 468 g/mol. The number of carbonyl (C=O) groups excluding carboxylic acids is 1. The van der Waals surface area contributed by atoms with Crippen molar-refractivity contribution in [1.82, 2.24) is 14.5 Å². The van der Waals surface area contributed by atoms with Crippen molar-refractivity contribution in [3.63, 3.8) is 0 Å². The van der Waals surface area contributed by atoms with Crippen LogP contribution in [0.4, 0.5) is 0 Å². The van der Waals surface area contributed by atoms with E-state index in [0.29, 0.717) is 44.6 Å². The lowest BCUT2D eigenvalue weighted by atomic mass is 9.81. The molecular formula is C19H34Cl2N4O3S. The molecule has 1 amide bonds. The maximum Gasteiger partial charge on any atom is 0.243 e. The molecule has 2 rings (SSSR count). The molecule has 7 nitrogen and oxygen atoms in total. The molecular weight excluding hydrogens is 435 g/mol. The molecule has 1 aromatic carbocycles. The van der Waals surface area contributed by atoms with E-state index in [4.69, 9.17) is 5.73 Å². The summed E-state index contributed by atoms with van der Waals surface area (Å²) in [7, 11) is -1.60. The molecule has 0 radical (unpaired) electrons. The highest BCUT2D eigenvalue weighted by Crippen LogP contribution is 2.26. The quantitative estimate of drug-likeness (QED) is 0.606. The van der Waals surface area contributed by atoms with Gasteiger partial charge in [0.25, 0.3) is 0 Å². The lowest BCUT2D eigenvalue weighted by Gasteiger charge is -2.32. The van der Waals surface area contributed by atoms with Crippen molar-refractivity contribution < 1.29 is 13.2 Å². The Bertz CT molecular complexity index is 741. The molecule has 0 spiro atoms. The average molecular weight is 469 g/mol. The number of nitrogens with two attached hydrogens (primary N) is 1. The molecule has 0 unspecified atom stereocenters. The fraction of sp³-hybridized carbons (Fsp3) is 0.632. The summed E-state index contributed by atoms with van der Waals surface area (Å²) in [6.07, 6.45) is 1.29. The molecule has 0 aromatic heterocycles. The number of likely N-dealkylation sites (N-methyl/N-ethyl adjacent to an activating group) is 1. The van der Waals surface area contributed by atoms with Gasteiger partial charge in [0.05, 0.1) is 10.3 Å². The zero-order valence-electron chi connectivity index (χ0n) is 17.4. The van der Waals surface area contributed by atoms with Crippen LogP contribution < -0.4 is 11.1 Å². The summed E-state index contributed by atoms with van der Waals surface area (Å²) in [5.74, 6) is -0.123. The minimum absolute atomic E-state index is 0. The number of nitrogens with one attached hydrogen (secondary N) is 1. The van der Waals surface area contributed by atoms with Crippen LogP contribution >= 0.6 is 24.8 Å². The summed E-state index contributed by atoms with van der Waals surface area (Å²) in [6.45, 7) is 6.71. The minimum atomic E-state index is -3.59. The molecule has 0 saturated carbocycles. The van der Waals surface area contributed by atoms with Crippen molar-refractivity contribution in [2.45, 2.75) is 38.1 Å². The van der Waals surface area contributed by atoms with Gasteiger partial charge in [-0.15, -0.1) is 24.8 Å². The van der Waals surface area contributed by atoms with Crippen LogP contribution in [0.1, 0.15) is 32.3 Å². The van der Waals surface area contributed by atoms with E-state index in [0.717, 1.165) is 0 Å². The largest absolute Gasteiger partial charge is 0.351 e. The summed E-state index contributed by atoms with van der Waals surface area (Å²) in [5, 5.41) is 2.90. The molecule has 0 atom stereocenters. The van der Waals surface area contributed by atoms with Crippen molar-refractivity contribution in [3.05, 3.63) is 29.8 Å². The van der Waals surface area contributed by atoms with Crippen LogP contribution in [0.3, 0.4) is 0 Å². The molecule has 0 aliphatic carbocycles. The van der Waals surface area contributed by atoms with Gasteiger partial charge >= 0.3 is 0 Å². The van der Waals surface area contributed by atoms with E-state index >= 15 is 0 Å². The second-order valence-corrected chi connectivity index (χ2v) is 9.10. The summed E-state index contributed by atoms with van der Waals surface area (Å²) in [4.78, 5) is 15.1. The second-order valence-electron chi connectivity index (χ2n) is 7.19. The number of nitrogens with zero attached hydrogens (tertiary/aromatic N) is 2. The fourth-order valence-electron chi connectivity index (χ4n) is 3.38. The first-order chi connectivity index (χ1) is 12.8. The minimum Gasteiger partial charge on any atom is -0.351 e. The van der Waals surface area contributed by atoms with Gasteiger partial charge in [0.1, 0.15) is 0 Å². The number of piperazine rings is 1. The Morgan fingerprint density at radius 1 is 1.10 bits per heavy atom. The summed E-state index contributed by atoms with van der Waals surface area (Å²) in [5.41, 5.74) is 5.83. The Balaban J connectivity index is 0.00000392. The first-order valence-corrected chi connectivity index (χ1v) is 11.0. The zero-order valence-corrected chi connectivity index (χ0v) is 19.8. The Labute approximate surface area is 187 Å². The van der Waals surface area contributed by atoms with Crippen LogP contribution in [0.15, 0.2) is 29.2 Å². The smallest absolute Gasteiger partial charge is 0.243 e. The predicted octanol–water partition coefficient (Wildman–Crippen LogP) is 1.85. The number of rotatable bonds is 8. The number of sulfonamides is 1. The van der Waals surface area contributed by atoms with Crippen LogP contribution in [0, 0.1) is 5.41 Å². The summed E-state index contributed by atoms with van der Waals surface area (Å²) in [6, 6.07) is 6.88. The van der Waals surface area contributed by atoms with Crippen molar-refractivity contribution in [3.8, 4) is 0 Å². The fourth-order valence-corrected chi connectivity index (χ4v) is 5.03. The van der Waals surface area contributed by atoms with Gasteiger partial charge < -0.3 is 16.0 Å². The van der Waals surface area contributed by atoms with E-state index in [1.807, 2.05) is 20.9 Å². The maximum absolute atomic E-state index is 13.1. The van der Waals surface area contributed by atoms with E-state index in [1.165, 1.54) is 4.31 Å². The SMILES string of the molecule is CCC(CC)(CN)C(=O)NCc1ccccc1S(=O)(=O)N1CCN(C)CC1.Cl.Cl. The lowest BCUT2D eigenvalue weighted by Crippen LogP contribution is -2.47. The van der Waals surface area contributed by atoms with Crippen LogP contribution in [-0.4, -0.2) is 63.3 Å². The van der Waals surface area contributed by atoms with E-state index in [1.54, 1.807) is 24.3 Å². The van der Waals surface area contributed by atoms with Gasteiger partial charge in [-0.3, -0.25) is 4.79 Å². The molecule has 168 valence electrons. The number of hydrogen-bond acceptors (Lipinski definition) is 5. The van der Waals surface area contributed by atoms with Crippen LogP contribution in [0.25, 0.3) is 0 Å². The Morgan fingerprint density at radius 3 is 2.17 bits per heavy atom. The van der Waals surface area contributed by atoms with Gasteiger partial charge in [-0.1, -0.05) is 32.0 Å². The molecule has 1 aliphatic heterocycles. The van der Waals surface area contributed by atoms with E-state index in [2.05, 4.69) is 10.2 Å². The number of amides is 1. The normalized spacial score (nSPS) is 15.9. The topological polar surface area (TPSA) is 95.7 Å². The number of benzene rings is 1. The number of halogens is 2. The zero-order chi connectivity index (χ0) is 20.1.